The van der Waals surface area contributed by atoms with Crippen molar-refractivity contribution in [3.63, 3.8) is 0 Å². The average Bonchev–Trinajstić information content (AvgIpc) is 2.94. The van der Waals surface area contributed by atoms with E-state index in [9.17, 15) is 4.79 Å². The standard InChI is InChI=1S/C15H22N2O3/c1-19-14-7-11(3-4-12(14)8-16)9-17-6-5-13(10-17)15(18)20-2/h3-4,7,13H,5-6,8-10,16H2,1-2H3. The summed E-state index contributed by atoms with van der Waals surface area (Å²) in [5, 5.41) is 0. The van der Waals surface area contributed by atoms with Gasteiger partial charge >= 0.3 is 5.97 Å². The fraction of sp³-hybridized carbons (Fsp3) is 0.533. The van der Waals surface area contributed by atoms with E-state index in [0.29, 0.717) is 6.54 Å². The van der Waals surface area contributed by atoms with E-state index in [2.05, 4.69) is 11.0 Å². The number of ether oxygens (including phenoxy) is 2. The van der Waals surface area contributed by atoms with E-state index in [-0.39, 0.29) is 11.9 Å². The van der Waals surface area contributed by atoms with E-state index in [1.165, 1.54) is 12.7 Å². The predicted octanol–water partition coefficient (Wildman–Crippen LogP) is 1.15. The molecule has 1 aliphatic heterocycles. The quantitative estimate of drug-likeness (QED) is 0.819. The van der Waals surface area contributed by atoms with E-state index in [0.717, 1.165) is 37.4 Å². The summed E-state index contributed by atoms with van der Waals surface area (Å²) in [6.07, 6.45) is 0.866. The van der Waals surface area contributed by atoms with Crippen molar-refractivity contribution in [2.75, 3.05) is 27.3 Å². The third-order valence-electron chi connectivity index (χ3n) is 3.78. The van der Waals surface area contributed by atoms with Crippen LogP contribution in [0.15, 0.2) is 18.2 Å². The number of methoxy groups -OCH3 is 2. The number of carbonyl (C=O) groups excluding carboxylic acids is 1. The van der Waals surface area contributed by atoms with Gasteiger partial charge in [-0.2, -0.15) is 0 Å². The molecule has 1 saturated heterocycles. The Morgan fingerprint density at radius 2 is 2.25 bits per heavy atom. The summed E-state index contributed by atoms with van der Waals surface area (Å²) >= 11 is 0. The lowest BCUT2D eigenvalue weighted by molar-refractivity contribution is -0.144. The number of likely N-dealkylation sites (tertiary alicyclic amines) is 1. The van der Waals surface area contributed by atoms with Crippen molar-refractivity contribution in [3.8, 4) is 5.75 Å². The summed E-state index contributed by atoms with van der Waals surface area (Å²) in [4.78, 5) is 13.8. The number of rotatable bonds is 5. The first-order chi connectivity index (χ1) is 9.67. The van der Waals surface area contributed by atoms with Gasteiger partial charge < -0.3 is 15.2 Å². The molecule has 2 N–H and O–H groups in total. The first-order valence-electron chi connectivity index (χ1n) is 6.84. The molecule has 2 rings (SSSR count). The van der Waals surface area contributed by atoms with Crippen LogP contribution >= 0.6 is 0 Å². The highest BCUT2D eigenvalue weighted by atomic mass is 16.5. The molecule has 1 aliphatic rings. The highest BCUT2D eigenvalue weighted by Crippen LogP contribution is 2.23. The second kappa shape index (κ2) is 6.72. The SMILES string of the molecule is COC(=O)C1CCN(Cc2ccc(CN)c(OC)c2)C1. The van der Waals surface area contributed by atoms with Crippen molar-refractivity contribution in [2.24, 2.45) is 11.7 Å². The maximum atomic E-state index is 11.5. The van der Waals surface area contributed by atoms with Gasteiger partial charge in [0.05, 0.1) is 20.1 Å². The molecule has 5 nitrogen and oxygen atoms in total. The molecule has 1 aromatic carbocycles. The minimum Gasteiger partial charge on any atom is -0.496 e. The third-order valence-corrected chi connectivity index (χ3v) is 3.78. The molecular weight excluding hydrogens is 256 g/mol. The Morgan fingerprint density at radius 3 is 2.90 bits per heavy atom. The van der Waals surface area contributed by atoms with E-state index in [1.807, 2.05) is 12.1 Å². The first-order valence-corrected chi connectivity index (χ1v) is 6.84. The molecule has 0 bridgehead atoms. The van der Waals surface area contributed by atoms with Crippen LogP contribution in [0.2, 0.25) is 0 Å². The molecule has 0 spiro atoms. The molecule has 110 valence electrons. The Morgan fingerprint density at radius 1 is 1.45 bits per heavy atom. The number of hydrogen-bond acceptors (Lipinski definition) is 5. The first kappa shape index (κ1) is 14.8. The van der Waals surface area contributed by atoms with Gasteiger partial charge in [-0.1, -0.05) is 12.1 Å². The summed E-state index contributed by atoms with van der Waals surface area (Å²) in [6, 6.07) is 6.09. The van der Waals surface area contributed by atoms with E-state index in [4.69, 9.17) is 15.2 Å². The highest BCUT2D eigenvalue weighted by Gasteiger charge is 2.28. The fourth-order valence-corrected chi connectivity index (χ4v) is 2.65. The van der Waals surface area contributed by atoms with Gasteiger partial charge in [0.25, 0.3) is 0 Å². The van der Waals surface area contributed by atoms with E-state index in [1.54, 1.807) is 7.11 Å². The van der Waals surface area contributed by atoms with Gasteiger partial charge in [-0.25, -0.2) is 0 Å². The molecule has 1 fully saturated rings. The number of hydrogen-bond donors (Lipinski definition) is 1. The molecule has 1 unspecified atom stereocenters. The van der Waals surface area contributed by atoms with Crippen molar-refractivity contribution in [1.29, 1.82) is 0 Å². The molecule has 1 aromatic rings. The lowest BCUT2D eigenvalue weighted by Gasteiger charge is -2.17. The van der Waals surface area contributed by atoms with Crippen LogP contribution in [0.25, 0.3) is 0 Å². The zero-order valence-corrected chi connectivity index (χ0v) is 12.1. The summed E-state index contributed by atoms with van der Waals surface area (Å²) in [6.45, 7) is 2.96. The van der Waals surface area contributed by atoms with Crippen LogP contribution in [-0.2, 0) is 22.6 Å². The molecule has 0 saturated carbocycles. The Hall–Kier alpha value is -1.59. The molecule has 1 heterocycles. The molecule has 1 atom stereocenters. The number of carbonyl (C=O) groups is 1. The monoisotopic (exact) mass is 278 g/mol. The summed E-state index contributed by atoms with van der Waals surface area (Å²) in [5.41, 5.74) is 7.84. The molecule has 0 aliphatic carbocycles. The van der Waals surface area contributed by atoms with Gasteiger partial charge in [0, 0.05) is 25.2 Å². The van der Waals surface area contributed by atoms with Crippen molar-refractivity contribution in [3.05, 3.63) is 29.3 Å². The van der Waals surface area contributed by atoms with Gasteiger partial charge in [0.2, 0.25) is 0 Å². The Balaban J connectivity index is 1.99. The van der Waals surface area contributed by atoms with Crippen LogP contribution < -0.4 is 10.5 Å². The lowest BCUT2D eigenvalue weighted by atomic mass is 10.1. The Labute approximate surface area is 119 Å². The van der Waals surface area contributed by atoms with Gasteiger partial charge in [-0.3, -0.25) is 9.69 Å². The second-order valence-corrected chi connectivity index (χ2v) is 5.09. The van der Waals surface area contributed by atoms with Crippen molar-refractivity contribution in [1.82, 2.24) is 4.90 Å². The van der Waals surface area contributed by atoms with Crippen LogP contribution in [0.5, 0.6) is 5.75 Å². The topological polar surface area (TPSA) is 64.8 Å². The molecule has 0 radical (unpaired) electrons. The molecule has 20 heavy (non-hydrogen) atoms. The number of benzene rings is 1. The summed E-state index contributed by atoms with van der Waals surface area (Å²) < 4.78 is 10.1. The minimum absolute atomic E-state index is 0.00482. The molecule has 5 heteroatoms. The predicted molar refractivity (Wildman–Crippen MR) is 76.3 cm³/mol. The van der Waals surface area contributed by atoms with Gasteiger partial charge in [-0.05, 0) is 24.6 Å². The summed E-state index contributed by atoms with van der Waals surface area (Å²) in [5.74, 6) is 0.725. The van der Waals surface area contributed by atoms with Crippen molar-refractivity contribution < 1.29 is 14.3 Å². The zero-order valence-electron chi connectivity index (χ0n) is 12.1. The normalized spacial score (nSPS) is 19.1. The fourth-order valence-electron chi connectivity index (χ4n) is 2.65. The van der Waals surface area contributed by atoms with E-state index >= 15 is 0 Å². The van der Waals surface area contributed by atoms with Crippen LogP contribution in [0.3, 0.4) is 0 Å². The number of esters is 1. The number of nitrogens with zero attached hydrogens (tertiary/aromatic N) is 1. The Kier molecular flexibility index (Phi) is 4.98. The van der Waals surface area contributed by atoms with Crippen LogP contribution in [-0.4, -0.2) is 38.2 Å². The zero-order chi connectivity index (χ0) is 14.5. The second-order valence-electron chi connectivity index (χ2n) is 5.09. The number of nitrogens with two attached hydrogens (primary N) is 1. The van der Waals surface area contributed by atoms with Crippen LogP contribution in [0, 0.1) is 5.92 Å². The van der Waals surface area contributed by atoms with Crippen molar-refractivity contribution in [2.45, 2.75) is 19.5 Å². The van der Waals surface area contributed by atoms with Crippen LogP contribution in [0.1, 0.15) is 17.5 Å². The van der Waals surface area contributed by atoms with Crippen molar-refractivity contribution >= 4 is 5.97 Å². The highest BCUT2D eigenvalue weighted by molar-refractivity contribution is 5.72. The summed E-state index contributed by atoms with van der Waals surface area (Å²) in [7, 11) is 3.10. The van der Waals surface area contributed by atoms with Gasteiger partial charge in [0.15, 0.2) is 0 Å². The maximum Gasteiger partial charge on any atom is 0.310 e. The molecular formula is C15H22N2O3. The third kappa shape index (κ3) is 3.29. The maximum absolute atomic E-state index is 11.5. The van der Waals surface area contributed by atoms with Gasteiger partial charge in [-0.15, -0.1) is 0 Å². The molecule has 0 aromatic heterocycles. The van der Waals surface area contributed by atoms with Gasteiger partial charge in [0.1, 0.15) is 5.75 Å². The Bertz CT molecular complexity index is 476. The smallest absolute Gasteiger partial charge is 0.310 e. The molecule has 0 amide bonds. The van der Waals surface area contributed by atoms with Crippen LogP contribution in [0.4, 0.5) is 0 Å². The van der Waals surface area contributed by atoms with E-state index < -0.39 is 0 Å². The minimum atomic E-state index is -0.108. The average molecular weight is 278 g/mol. The largest absolute Gasteiger partial charge is 0.496 e. The lowest BCUT2D eigenvalue weighted by Crippen LogP contribution is -2.23.